The van der Waals surface area contributed by atoms with E-state index in [1.54, 1.807) is 19.0 Å². The molecule has 0 spiro atoms. The van der Waals surface area contributed by atoms with Crippen LogP contribution in [0.2, 0.25) is 0 Å². The lowest BCUT2D eigenvalue weighted by Crippen LogP contribution is -2.48. The third-order valence-corrected chi connectivity index (χ3v) is 4.32. The van der Waals surface area contributed by atoms with Gasteiger partial charge in [-0.1, -0.05) is 32.0 Å². The number of ether oxygens (including phenoxy) is 1. The first-order valence-corrected chi connectivity index (χ1v) is 9.41. The average Bonchev–Trinajstić information content (AvgIpc) is 2.63. The second kappa shape index (κ2) is 10.0. The van der Waals surface area contributed by atoms with Crippen LogP contribution in [0.5, 0.6) is 5.75 Å². The number of likely N-dealkylation sites (tertiary alicyclic amines) is 1. The Bertz CT molecular complexity index is 579. The molecular formula is C20H32N4O2. The van der Waals surface area contributed by atoms with Gasteiger partial charge in [-0.25, -0.2) is 4.99 Å². The fraction of sp³-hybridized carbons (Fsp3) is 0.600. The van der Waals surface area contributed by atoms with Crippen molar-refractivity contribution in [2.75, 3.05) is 40.3 Å². The van der Waals surface area contributed by atoms with Crippen LogP contribution in [0.15, 0.2) is 35.3 Å². The molecule has 1 heterocycles. The van der Waals surface area contributed by atoms with Gasteiger partial charge < -0.3 is 19.9 Å². The van der Waals surface area contributed by atoms with Crippen LogP contribution in [-0.2, 0) is 4.79 Å². The molecule has 6 nitrogen and oxygen atoms in total. The molecule has 0 unspecified atom stereocenters. The molecule has 1 N–H and O–H groups in total. The summed E-state index contributed by atoms with van der Waals surface area (Å²) in [5.41, 5.74) is 0. The average molecular weight is 361 g/mol. The Kier molecular flexibility index (Phi) is 7.75. The van der Waals surface area contributed by atoms with Crippen molar-refractivity contribution >= 4 is 11.9 Å². The highest BCUT2D eigenvalue weighted by atomic mass is 16.5. The van der Waals surface area contributed by atoms with Crippen LogP contribution < -0.4 is 10.1 Å². The lowest BCUT2D eigenvalue weighted by atomic mass is 10.1. The summed E-state index contributed by atoms with van der Waals surface area (Å²) < 4.78 is 6.06. The molecule has 1 saturated heterocycles. The summed E-state index contributed by atoms with van der Waals surface area (Å²) in [4.78, 5) is 20.2. The number of hydrogen-bond donors (Lipinski definition) is 1. The summed E-state index contributed by atoms with van der Waals surface area (Å²) in [6.07, 6.45) is 2.11. The molecule has 144 valence electrons. The fourth-order valence-corrected chi connectivity index (χ4v) is 2.72. The SMILES string of the molecule is CC(C)CNC(=NCC(=O)N(C)C)N1CCC(Oc2ccccc2)CC1. The van der Waals surface area contributed by atoms with Crippen molar-refractivity contribution in [2.45, 2.75) is 32.8 Å². The predicted octanol–water partition coefficient (Wildman–Crippen LogP) is 2.22. The van der Waals surface area contributed by atoms with E-state index in [1.807, 2.05) is 30.3 Å². The molecule has 0 atom stereocenters. The second-order valence-corrected chi connectivity index (χ2v) is 7.32. The van der Waals surface area contributed by atoms with Gasteiger partial charge in [0, 0.05) is 46.6 Å². The van der Waals surface area contributed by atoms with E-state index < -0.39 is 0 Å². The Morgan fingerprint density at radius 2 is 1.92 bits per heavy atom. The number of amides is 1. The molecule has 2 rings (SSSR count). The molecule has 0 saturated carbocycles. The van der Waals surface area contributed by atoms with E-state index in [-0.39, 0.29) is 18.6 Å². The van der Waals surface area contributed by atoms with Gasteiger partial charge in [-0.15, -0.1) is 0 Å². The van der Waals surface area contributed by atoms with E-state index >= 15 is 0 Å². The third-order valence-electron chi connectivity index (χ3n) is 4.32. The largest absolute Gasteiger partial charge is 0.490 e. The normalized spacial score (nSPS) is 15.9. The highest BCUT2D eigenvalue weighted by Crippen LogP contribution is 2.18. The highest BCUT2D eigenvalue weighted by molar-refractivity contribution is 5.84. The van der Waals surface area contributed by atoms with Crippen LogP contribution >= 0.6 is 0 Å². The van der Waals surface area contributed by atoms with Crippen LogP contribution in [0.1, 0.15) is 26.7 Å². The summed E-state index contributed by atoms with van der Waals surface area (Å²) in [5, 5.41) is 3.41. The first kappa shape index (κ1) is 20.1. The van der Waals surface area contributed by atoms with Gasteiger partial charge in [0.2, 0.25) is 5.91 Å². The lowest BCUT2D eigenvalue weighted by Gasteiger charge is -2.34. The van der Waals surface area contributed by atoms with E-state index in [0.29, 0.717) is 5.92 Å². The van der Waals surface area contributed by atoms with Gasteiger partial charge in [-0.2, -0.15) is 0 Å². The van der Waals surface area contributed by atoms with Gasteiger partial charge in [0.15, 0.2) is 5.96 Å². The number of rotatable bonds is 6. The molecule has 6 heteroatoms. The second-order valence-electron chi connectivity index (χ2n) is 7.32. The molecule has 0 aromatic heterocycles. The zero-order valence-corrected chi connectivity index (χ0v) is 16.4. The summed E-state index contributed by atoms with van der Waals surface area (Å²) in [6.45, 7) is 7.09. The van der Waals surface area contributed by atoms with E-state index in [2.05, 4.69) is 29.1 Å². The Balaban J connectivity index is 1.91. The first-order chi connectivity index (χ1) is 12.5. The van der Waals surface area contributed by atoms with Gasteiger partial charge in [0.05, 0.1) is 0 Å². The van der Waals surface area contributed by atoms with Crippen molar-refractivity contribution in [3.05, 3.63) is 30.3 Å². The van der Waals surface area contributed by atoms with Gasteiger partial charge >= 0.3 is 0 Å². The summed E-state index contributed by atoms with van der Waals surface area (Å²) in [7, 11) is 3.51. The maximum atomic E-state index is 11.9. The minimum absolute atomic E-state index is 0.0103. The molecule has 1 aromatic rings. The van der Waals surface area contributed by atoms with Crippen LogP contribution in [0, 0.1) is 5.92 Å². The number of aliphatic imine (C=N–C) groups is 1. The van der Waals surface area contributed by atoms with Crippen molar-refractivity contribution in [3.8, 4) is 5.75 Å². The lowest BCUT2D eigenvalue weighted by molar-refractivity contribution is -0.127. The zero-order valence-electron chi connectivity index (χ0n) is 16.4. The van der Waals surface area contributed by atoms with Gasteiger partial charge in [0.25, 0.3) is 0 Å². The number of benzene rings is 1. The topological polar surface area (TPSA) is 57.2 Å². The molecule has 0 aliphatic carbocycles. The molecular weight excluding hydrogens is 328 g/mol. The minimum Gasteiger partial charge on any atom is -0.490 e. The smallest absolute Gasteiger partial charge is 0.243 e. The van der Waals surface area contributed by atoms with E-state index in [4.69, 9.17) is 4.74 Å². The Morgan fingerprint density at radius 1 is 1.27 bits per heavy atom. The maximum absolute atomic E-state index is 11.9. The molecule has 1 amide bonds. The highest BCUT2D eigenvalue weighted by Gasteiger charge is 2.23. The first-order valence-electron chi connectivity index (χ1n) is 9.41. The van der Waals surface area contributed by atoms with Crippen molar-refractivity contribution in [1.29, 1.82) is 0 Å². The summed E-state index contributed by atoms with van der Waals surface area (Å²) >= 11 is 0. The van der Waals surface area contributed by atoms with Crippen molar-refractivity contribution in [2.24, 2.45) is 10.9 Å². The molecule has 1 aliphatic rings. The summed E-state index contributed by atoms with van der Waals surface area (Å²) in [6, 6.07) is 9.97. The number of nitrogens with one attached hydrogen (secondary N) is 1. The van der Waals surface area contributed by atoms with Crippen LogP contribution in [0.3, 0.4) is 0 Å². The number of carbonyl (C=O) groups is 1. The summed E-state index contributed by atoms with van der Waals surface area (Å²) in [5.74, 6) is 2.28. The minimum atomic E-state index is 0.0103. The predicted molar refractivity (Wildman–Crippen MR) is 106 cm³/mol. The zero-order chi connectivity index (χ0) is 18.9. The quantitative estimate of drug-likeness (QED) is 0.624. The van der Waals surface area contributed by atoms with Crippen LogP contribution in [0.25, 0.3) is 0 Å². The molecule has 1 fully saturated rings. The van der Waals surface area contributed by atoms with Crippen LogP contribution in [-0.4, -0.2) is 68.0 Å². The number of nitrogens with zero attached hydrogens (tertiary/aromatic N) is 3. The maximum Gasteiger partial charge on any atom is 0.243 e. The molecule has 0 radical (unpaired) electrons. The van der Waals surface area contributed by atoms with Crippen molar-refractivity contribution < 1.29 is 9.53 Å². The molecule has 0 bridgehead atoms. The number of carbonyl (C=O) groups excluding carboxylic acids is 1. The van der Waals surface area contributed by atoms with E-state index in [1.165, 1.54) is 0 Å². The number of hydrogen-bond acceptors (Lipinski definition) is 3. The van der Waals surface area contributed by atoms with Crippen LogP contribution in [0.4, 0.5) is 0 Å². The molecule has 1 aliphatic heterocycles. The number of likely N-dealkylation sites (N-methyl/N-ethyl adjacent to an activating group) is 1. The number of guanidine groups is 1. The van der Waals surface area contributed by atoms with Crippen molar-refractivity contribution in [3.63, 3.8) is 0 Å². The third kappa shape index (κ3) is 6.58. The monoisotopic (exact) mass is 360 g/mol. The van der Waals surface area contributed by atoms with Crippen molar-refractivity contribution in [1.82, 2.24) is 15.1 Å². The van der Waals surface area contributed by atoms with Gasteiger partial charge in [-0.3, -0.25) is 4.79 Å². The molecule has 26 heavy (non-hydrogen) atoms. The Hall–Kier alpha value is -2.24. The Morgan fingerprint density at radius 3 is 2.50 bits per heavy atom. The van der Waals surface area contributed by atoms with Gasteiger partial charge in [-0.05, 0) is 18.1 Å². The fourth-order valence-electron chi connectivity index (χ4n) is 2.72. The van der Waals surface area contributed by atoms with E-state index in [9.17, 15) is 4.79 Å². The number of piperidine rings is 1. The van der Waals surface area contributed by atoms with Gasteiger partial charge in [0.1, 0.15) is 18.4 Å². The standard InChI is InChI=1S/C20H32N4O2/c1-16(2)14-21-20(22-15-19(25)23(3)4)24-12-10-18(11-13-24)26-17-8-6-5-7-9-17/h5-9,16,18H,10-15H2,1-4H3,(H,21,22). The van der Waals surface area contributed by atoms with E-state index in [0.717, 1.165) is 44.2 Å². The number of para-hydroxylation sites is 1. The Labute approximate surface area is 157 Å². The molecule has 1 aromatic carbocycles.